The zero-order valence-electron chi connectivity index (χ0n) is 13.3. The molecule has 1 aromatic carbocycles. The second-order valence-corrected chi connectivity index (χ2v) is 6.59. The summed E-state index contributed by atoms with van der Waals surface area (Å²) in [7, 11) is 0. The smallest absolute Gasteiger partial charge is 0.336 e. The van der Waals surface area contributed by atoms with Crippen LogP contribution < -0.4 is 0 Å². The fourth-order valence-electron chi connectivity index (χ4n) is 3.83. The van der Waals surface area contributed by atoms with Crippen molar-refractivity contribution in [2.75, 3.05) is 6.54 Å². The van der Waals surface area contributed by atoms with Crippen LogP contribution in [0.3, 0.4) is 0 Å². The lowest BCUT2D eigenvalue weighted by Crippen LogP contribution is -2.31. The number of carbonyl (C=O) groups is 1. The molecular formula is C18H19FN2O3. The molecule has 0 amide bonds. The summed E-state index contributed by atoms with van der Waals surface area (Å²) < 4.78 is 19.2. The van der Waals surface area contributed by atoms with Crippen LogP contribution in [0.15, 0.2) is 16.7 Å². The molecule has 5 nitrogen and oxygen atoms in total. The first kappa shape index (κ1) is 15.3. The van der Waals surface area contributed by atoms with Gasteiger partial charge in [0.25, 0.3) is 0 Å². The van der Waals surface area contributed by atoms with Crippen molar-refractivity contribution in [3.05, 3.63) is 51.7 Å². The van der Waals surface area contributed by atoms with Gasteiger partial charge in [-0.2, -0.15) is 0 Å². The van der Waals surface area contributed by atoms with Crippen LogP contribution in [0.1, 0.15) is 51.3 Å². The van der Waals surface area contributed by atoms with Crippen molar-refractivity contribution in [2.45, 2.75) is 45.2 Å². The summed E-state index contributed by atoms with van der Waals surface area (Å²) in [5.41, 5.74) is 3.81. The van der Waals surface area contributed by atoms with E-state index in [0.29, 0.717) is 19.5 Å². The molecule has 24 heavy (non-hydrogen) atoms. The van der Waals surface area contributed by atoms with Crippen LogP contribution >= 0.6 is 0 Å². The predicted octanol–water partition coefficient (Wildman–Crippen LogP) is 2.95. The third-order valence-electron chi connectivity index (χ3n) is 5.01. The fraction of sp³-hybridized carbons (Fsp3) is 0.444. The number of hydrogen-bond acceptors (Lipinski definition) is 4. The predicted molar refractivity (Wildman–Crippen MR) is 84.3 cm³/mol. The molecule has 2 heterocycles. The highest BCUT2D eigenvalue weighted by molar-refractivity contribution is 5.90. The SMILES string of the molecule is O=C(O)c1cc(F)cc2c1CCN(Cc1noc3c1CCCC3)C2. The lowest BCUT2D eigenvalue weighted by atomic mass is 9.93. The number of aromatic nitrogens is 1. The molecule has 0 fully saturated rings. The molecule has 2 aliphatic rings. The van der Waals surface area contributed by atoms with E-state index in [1.807, 2.05) is 0 Å². The first-order chi connectivity index (χ1) is 11.6. The van der Waals surface area contributed by atoms with Crippen LogP contribution in [-0.2, 0) is 32.4 Å². The van der Waals surface area contributed by atoms with Gasteiger partial charge in [-0.1, -0.05) is 5.16 Å². The molecule has 4 rings (SSSR count). The molecule has 0 saturated carbocycles. The maximum Gasteiger partial charge on any atom is 0.336 e. The minimum Gasteiger partial charge on any atom is -0.478 e. The van der Waals surface area contributed by atoms with Crippen molar-refractivity contribution in [3.63, 3.8) is 0 Å². The van der Waals surface area contributed by atoms with E-state index in [-0.39, 0.29) is 5.56 Å². The van der Waals surface area contributed by atoms with Gasteiger partial charge in [0.2, 0.25) is 0 Å². The summed E-state index contributed by atoms with van der Waals surface area (Å²) in [6.07, 6.45) is 4.89. The molecule has 0 saturated heterocycles. The van der Waals surface area contributed by atoms with E-state index >= 15 is 0 Å². The van der Waals surface area contributed by atoms with Gasteiger partial charge in [0.15, 0.2) is 0 Å². The zero-order valence-corrected chi connectivity index (χ0v) is 13.3. The Bertz CT molecular complexity index is 800. The van der Waals surface area contributed by atoms with Crippen molar-refractivity contribution in [3.8, 4) is 0 Å². The number of rotatable bonds is 3. The Hall–Kier alpha value is -2.21. The molecule has 0 bridgehead atoms. The third-order valence-corrected chi connectivity index (χ3v) is 5.01. The van der Waals surface area contributed by atoms with Crippen molar-refractivity contribution < 1.29 is 18.8 Å². The fourth-order valence-corrected chi connectivity index (χ4v) is 3.83. The molecule has 0 radical (unpaired) electrons. The summed E-state index contributed by atoms with van der Waals surface area (Å²) in [5, 5.41) is 13.5. The maximum absolute atomic E-state index is 13.7. The van der Waals surface area contributed by atoms with Gasteiger partial charge in [-0.05, 0) is 48.9 Å². The normalized spacial score (nSPS) is 17.4. The number of aryl methyl sites for hydroxylation is 1. The van der Waals surface area contributed by atoms with Crippen LogP contribution in [0.5, 0.6) is 0 Å². The van der Waals surface area contributed by atoms with E-state index < -0.39 is 11.8 Å². The second-order valence-electron chi connectivity index (χ2n) is 6.59. The molecule has 1 aliphatic heterocycles. The minimum atomic E-state index is -1.07. The molecule has 1 N–H and O–H groups in total. The van der Waals surface area contributed by atoms with Gasteiger partial charge in [0, 0.05) is 31.6 Å². The van der Waals surface area contributed by atoms with E-state index in [4.69, 9.17) is 4.52 Å². The molecule has 0 atom stereocenters. The summed E-state index contributed by atoms with van der Waals surface area (Å²) in [5.74, 6) is -0.551. The molecule has 126 valence electrons. The molecule has 2 aromatic rings. The largest absolute Gasteiger partial charge is 0.478 e. The lowest BCUT2D eigenvalue weighted by molar-refractivity contribution is 0.0694. The van der Waals surface area contributed by atoms with Crippen LogP contribution in [0, 0.1) is 5.82 Å². The van der Waals surface area contributed by atoms with E-state index in [0.717, 1.165) is 60.9 Å². The van der Waals surface area contributed by atoms with Crippen molar-refractivity contribution in [2.24, 2.45) is 0 Å². The summed E-state index contributed by atoms with van der Waals surface area (Å²) in [6, 6.07) is 2.57. The summed E-state index contributed by atoms with van der Waals surface area (Å²) in [4.78, 5) is 13.5. The average Bonchev–Trinajstić information content (AvgIpc) is 2.97. The topological polar surface area (TPSA) is 66.6 Å². The Labute approximate surface area is 139 Å². The number of nitrogens with zero attached hydrogens (tertiary/aromatic N) is 2. The number of carboxylic acids is 1. The van der Waals surface area contributed by atoms with E-state index in [2.05, 4.69) is 10.1 Å². The van der Waals surface area contributed by atoms with Crippen LogP contribution in [0.25, 0.3) is 0 Å². The standard InChI is InChI=1S/C18H19FN2O3/c19-12-7-11-9-21(6-5-13(11)15(8-12)18(22)23)10-16-14-3-1-2-4-17(14)24-20-16/h7-8H,1-6,9-10H2,(H,22,23). The van der Waals surface area contributed by atoms with E-state index in [9.17, 15) is 14.3 Å². The molecule has 6 heteroatoms. The van der Waals surface area contributed by atoms with E-state index in [1.54, 1.807) is 0 Å². The van der Waals surface area contributed by atoms with Crippen LogP contribution in [-0.4, -0.2) is 27.7 Å². The van der Waals surface area contributed by atoms with Gasteiger partial charge in [0.1, 0.15) is 17.3 Å². The van der Waals surface area contributed by atoms with Crippen molar-refractivity contribution >= 4 is 5.97 Å². The van der Waals surface area contributed by atoms with E-state index in [1.165, 1.54) is 11.6 Å². The van der Waals surface area contributed by atoms with Gasteiger partial charge in [-0.25, -0.2) is 9.18 Å². The first-order valence-electron chi connectivity index (χ1n) is 8.35. The average molecular weight is 330 g/mol. The Morgan fingerprint density at radius 2 is 2.08 bits per heavy atom. The quantitative estimate of drug-likeness (QED) is 0.937. The zero-order chi connectivity index (χ0) is 16.7. The number of halogens is 1. The van der Waals surface area contributed by atoms with Crippen molar-refractivity contribution in [1.29, 1.82) is 0 Å². The van der Waals surface area contributed by atoms with Crippen molar-refractivity contribution in [1.82, 2.24) is 10.1 Å². The summed E-state index contributed by atoms with van der Waals surface area (Å²) >= 11 is 0. The Morgan fingerprint density at radius 1 is 1.25 bits per heavy atom. The highest BCUT2D eigenvalue weighted by Gasteiger charge is 2.25. The Balaban J connectivity index is 1.57. The molecule has 1 aromatic heterocycles. The molecule has 0 spiro atoms. The number of carboxylic acid groups (broad SMARTS) is 1. The number of aromatic carboxylic acids is 1. The third kappa shape index (κ3) is 2.71. The van der Waals surface area contributed by atoms with Gasteiger partial charge < -0.3 is 9.63 Å². The minimum absolute atomic E-state index is 0.0865. The molecular weight excluding hydrogens is 311 g/mol. The molecule has 0 unspecified atom stereocenters. The number of hydrogen-bond donors (Lipinski definition) is 1. The lowest BCUT2D eigenvalue weighted by Gasteiger charge is -2.29. The number of fused-ring (bicyclic) bond motifs is 2. The maximum atomic E-state index is 13.7. The first-order valence-corrected chi connectivity index (χ1v) is 8.35. The van der Waals surface area contributed by atoms with Gasteiger partial charge in [0.05, 0.1) is 5.56 Å². The Morgan fingerprint density at radius 3 is 2.92 bits per heavy atom. The summed E-state index contributed by atoms with van der Waals surface area (Å²) in [6.45, 7) is 1.94. The number of benzene rings is 1. The highest BCUT2D eigenvalue weighted by atomic mass is 19.1. The molecule has 1 aliphatic carbocycles. The second kappa shape index (κ2) is 6.02. The van der Waals surface area contributed by atoms with Gasteiger partial charge in [-0.3, -0.25) is 4.90 Å². The van der Waals surface area contributed by atoms with Crippen LogP contribution in [0.4, 0.5) is 4.39 Å². The monoisotopic (exact) mass is 330 g/mol. The van der Waals surface area contributed by atoms with Gasteiger partial charge in [-0.15, -0.1) is 0 Å². The highest BCUT2D eigenvalue weighted by Crippen LogP contribution is 2.28. The Kier molecular flexibility index (Phi) is 3.84. The van der Waals surface area contributed by atoms with Crippen LogP contribution in [0.2, 0.25) is 0 Å². The van der Waals surface area contributed by atoms with Gasteiger partial charge >= 0.3 is 5.97 Å².